The van der Waals surface area contributed by atoms with Crippen LogP contribution in [0.4, 0.5) is 11.4 Å². The maximum Gasteiger partial charge on any atom is 0.343 e. The number of para-hydroxylation sites is 1. The van der Waals surface area contributed by atoms with Gasteiger partial charge < -0.3 is 15.0 Å². The van der Waals surface area contributed by atoms with Gasteiger partial charge in [0.05, 0.1) is 5.56 Å². The van der Waals surface area contributed by atoms with Crippen molar-refractivity contribution in [1.29, 1.82) is 0 Å². The molecule has 0 fully saturated rings. The van der Waals surface area contributed by atoms with Gasteiger partial charge in [-0.2, -0.15) is 0 Å². The summed E-state index contributed by atoms with van der Waals surface area (Å²) in [5.74, 6) is -0.0782. The third-order valence-corrected chi connectivity index (χ3v) is 4.17. The van der Waals surface area contributed by atoms with Gasteiger partial charge in [0.15, 0.2) is 0 Å². The summed E-state index contributed by atoms with van der Waals surface area (Å²) in [6.45, 7) is 0. The Bertz CT molecular complexity index is 920. The monoisotopic (exact) mass is 360 g/mol. The highest BCUT2D eigenvalue weighted by atomic mass is 16.5. The van der Waals surface area contributed by atoms with Gasteiger partial charge in [0.25, 0.3) is 5.91 Å². The minimum absolute atomic E-state index is 0.128. The molecule has 3 aromatic rings. The fraction of sp³-hybridized carbons (Fsp3) is 0.0909. The highest BCUT2D eigenvalue weighted by Gasteiger charge is 2.15. The molecule has 0 radical (unpaired) electrons. The number of benzene rings is 3. The van der Waals surface area contributed by atoms with Crippen LogP contribution in [0.1, 0.15) is 20.7 Å². The third kappa shape index (κ3) is 4.33. The SMILES string of the molecule is CNc1ccc(C(=O)N(C)c2ccc(C(=O)Oc3ccccc3)cc2)cc1. The number of carbonyl (C=O) groups is 2. The van der Waals surface area contributed by atoms with Gasteiger partial charge in [0.1, 0.15) is 5.75 Å². The molecule has 5 nitrogen and oxygen atoms in total. The minimum atomic E-state index is -0.440. The van der Waals surface area contributed by atoms with Gasteiger partial charge in [-0.25, -0.2) is 4.79 Å². The summed E-state index contributed by atoms with van der Waals surface area (Å²) < 4.78 is 5.31. The van der Waals surface area contributed by atoms with Crippen molar-refractivity contribution in [3.63, 3.8) is 0 Å². The Labute approximate surface area is 158 Å². The van der Waals surface area contributed by atoms with E-state index in [1.807, 2.05) is 25.2 Å². The zero-order valence-corrected chi connectivity index (χ0v) is 15.2. The molecule has 3 aromatic carbocycles. The number of carbonyl (C=O) groups excluding carboxylic acids is 2. The van der Waals surface area contributed by atoms with Crippen molar-refractivity contribution >= 4 is 23.3 Å². The Balaban J connectivity index is 1.70. The number of hydrogen-bond donors (Lipinski definition) is 1. The van der Waals surface area contributed by atoms with Crippen molar-refractivity contribution in [1.82, 2.24) is 0 Å². The number of esters is 1. The number of amides is 1. The first-order chi connectivity index (χ1) is 13.1. The smallest absolute Gasteiger partial charge is 0.343 e. The number of nitrogens with zero attached hydrogens (tertiary/aromatic N) is 1. The molecule has 0 heterocycles. The summed E-state index contributed by atoms with van der Waals surface area (Å²) in [6, 6.07) is 22.9. The number of ether oxygens (including phenoxy) is 1. The predicted octanol–water partition coefficient (Wildman–Crippen LogP) is 4.22. The van der Waals surface area contributed by atoms with Crippen molar-refractivity contribution in [2.75, 3.05) is 24.3 Å². The average molecular weight is 360 g/mol. The van der Waals surface area contributed by atoms with Gasteiger partial charge in [-0.3, -0.25) is 4.79 Å². The Kier molecular flexibility index (Phi) is 5.52. The summed E-state index contributed by atoms with van der Waals surface area (Å²) in [6.07, 6.45) is 0. The molecule has 136 valence electrons. The number of nitrogens with one attached hydrogen (secondary N) is 1. The molecule has 0 atom stereocenters. The number of rotatable bonds is 5. The third-order valence-electron chi connectivity index (χ3n) is 4.17. The van der Waals surface area contributed by atoms with Gasteiger partial charge in [-0.15, -0.1) is 0 Å². The lowest BCUT2D eigenvalue weighted by Crippen LogP contribution is -2.26. The van der Waals surface area contributed by atoms with E-state index in [9.17, 15) is 9.59 Å². The van der Waals surface area contributed by atoms with Crippen LogP contribution in [0.25, 0.3) is 0 Å². The zero-order valence-electron chi connectivity index (χ0n) is 15.2. The van der Waals surface area contributed by atoms with Crippen LogP contribution < -0.4 is 15.0 Å². The highest BCUT2D eigenvalue weighted by molar-refractivity contribution is 6.06. The molecule has 0 unspecified atom stereocenters. The molecule has 0 aromatic heterocycles. The fourth-order valence-corrected chi connectivity index (χ4v) is 2.57. The van der Waals surface area contributed by atoms with E-state index in [0.29, 0.717) is 22.6 Å². The summed E-state index contributed by atoms with van der Waals surface area (Å²) in [7, 11) is 3.53. The van der Waals surface area contributed by atoms with E-state index in [-0.39, 0.29) is 5.91 Å². The van der Waals surface area contributed by atoms with Crippen molar-refractivity contribution in [2.45, 2.75) is 0 Å². The summed E-state index contributed by atoms with van der Waals surface area (Å²) in [5.41, 5.74) is 2.63. The normalized spacial score (nSPS) is 10.1. The minimum Gasteiger partial charge on any atom is -0.423 e. The van der Waals surface area contributed by atoms with Crippen LogP contribution in [-0.2, 0) is 0 Å². The molecule has 0 aliphatic heterocycles. The summed E-state index contributed by atoms with van der Waals surface area (Å²) >= 11 is 0. The zero-order chi connectivity index (χ0) is 19.2. The molecule has 0 bridgehead atoms. The number of anilines is 2. The van der Waals surface area contributed by atoms with Gasteiger partial charge >= 0.3 is 5.97 Å². The highest BCUT2D eigenvalue weighted by Crippen LogP contribution is 2.19. The Hall–Kier alpha value is -3.60. The molecule has 27 heavy (non-hydrogen) atoms. The molecule has 3 rings (SSSR count). The van der Waals surface area contributed by atoms with E-state index in [4.69, 9.17) is 4.74 Å². The topological polar surface area (TPSA) is 58.6 Å². The summed E-state index contributed by atoms with van der Waals surface area (Å²) in [4.78, 5) is 26.4. The average Bonchev–Trinajstić information content (AvgIpc) is 2.73. The van der Waals surface area contributed by atoms with Crippen molar-refractivity contribution < 1.29 is 14.3 Å². The van der Waals surface area contributed by atoms with Gasteiger partial charge in [-0.1, -0.05) is 18.2 Å². The molecule has 0 spiro atoms. The van der Waals surface area contributed by atoms with Crippen LogP contribution in [-0.4, -0.2) is 26.0 Å². The van der Waals surface area contributed by atoms with Crippen LogP contribution in [0.2, 0.25) is 0 Å². The molecular formula is C22H20N2O3. The van der Waals surface area contributed by atoms with Crippen LogP contribution in [0.15, 0.2) is 78.9 Å². The number of hydrogen-bond acceptors (Lipinski definition) is 4. The quantitative estimate of drug-likeness (QED) is 0.547. The lowest BCUT2D eigenvalue weighted by molar-refractivity contribution is 0.0734. The molecular weight excluding hydrogens is 340 g/mol. The maximum atomic E-state index is 12.6. The van der Waals surface area contributed by atoms with Crippen molar-refractivity contribution in [3.05, 3.63) is 90.0 Å². The Morgan fingerprint density at radius 1 is 0.815 bits per heavy atom. The van der Waals surface area contributed by atoms with Gasteiger partial charge in [0, 0.05) is 31.0 Å². The largest absolute Gasteiger partial charge is 0.423 e. The second-order valence-electron chi connectivity index (χ2n) is 5.94. The lowest BCUT2D eigenvalue weighted by Gasteiger charge is -2.18. The Morgan fingerprint density at radius 3 is 2.00 bits per heavy atom. The maximum absolute atomic E-state index is 12.6. The van der Waals surface area contributed by atoms with E-state index in [0.717, 1.165) is 5.69 Å². The van der Waals surface area contributed by atoms with Gasteiger partial charge in [0.2, 0.25) is 0 Å². The van der Waals surface area contributed by atoms with E-state index < -0.39 is 5.97 Å². The predicted molar refractivity (Wildman–Crippen MR) is 107 cm³/mol. The first-order valence-electron chi connectivity index (χ1n) is 8.51. The van der Waals surface area contributed by atoms with Gasteiger partial charge in [-0.05, 0) is 60.7 Å². The van der Waals surface area contributed by atoms with E-state index in [1.165, 1.54) is 0 Å². The molecule has 5 heteroatoms. The molecule has 0 saturated heterocycles. The molecule has 0 aliphatic rings. The summed E-state index contributed by atoms with van der Waals surface area (Å²) in [5, 5.41) is 3.02. The molecule has 1 amide bonds. The molecule has 0 aliphatic carbocycles. The van der Waals surface area contributed by atoms with Crippen LogP contribution >= 0.6 is 0 Å². The fourth-order valence-electron chi connectivity index (χ4n) is 2.57. The van der Waals surface area contributed by atoms with E-state index >= 15 is 0 Å². The van der Waals surface area contributed by atoms with E-state index in [1.54, 1.807) is 72.6 Å². The standard InChI is InChI=1S/C22H20N2O3/c1-23-18-12-8-16(9-13-18)21(25)24(2)19-14-10-17(11-15-19)22(26)27-20-6-4-3-5-7-20/h3-15,23H,1-2H3. The van der Waals surface area contributed by atoms with Crippen LogP contribution in [0.3, 0.4) is 0 Å². The first kappa shape index (κ1) is 18.2. The second-order valence-corrected chi connectivity index (χ2v) is 5.94. The van der Waals surface area contributed by atoms with Crippen molar-refractivity contribution in [2.24, 2.45) is 0 Å². The molecule has 1 N–H and O–H groups in total. The van der Waals surface area contributed by atoms with Crippen LogP contribution in [0.5, 0.6) is 5.75 Å². The van der Waals surface area contributed by atoms with Crippen LogP contribution in [0, 0.1) is 0 Å². The molecule has 0 saturated carbocycles. The second kappa shape index (κ2) is 8.19. The Morgan fingerprint density at radius 2 is 1.41 bits per heavy atom. The van der Waals surface area contributed by atoms with E-state index in [2.05, 4.69) is 5.32 Å². The first-order valence-corrected chi connectivity index (χ1v) is 8.51. The van der Waals surface area contributed by atoms with Crippen molar-refractivity contribution in [3.8, 4) is 5.75 Å². The lowest BCUT2D eigenvalue weighted by atomic mass is 10.1.